The van der Waals surface area contributed by atoms with E-state index in [9.17, 15) is 9.59 Å². The van der Waals surface area contributed by atoms with E-state index in [1.165, 1.54) is 0 Å². The topological polar surface area (TPSA) is 85.3 Å². The number of rotatable bonds is 8. The first kappa shape index (κ1) is 20.3. The molecule has 0 aromatic heterocycles. The zero-order valence-electron chi connectivity index (χ0n) is 15.0. The number of carboxylic acids is 1. The maximum absolute atomic E-state index is 12.8. The largest absolute Gasteiger partial charge is 0.490 e. The Balaban J connectivity index is 2.20. The van der Waals surface area contributed by atoms with Crippen molar-refractivity contribution in [2.24, 2.45) is 0 Å². The molecular weight excluding hydrogens is 362 g/mol. The van der Waals surface area contributed by atoms with Crippen molar-refractivity contribution in [3.05, 3.63) is 22.7 Å². The summed E-state index contributed by atoms with van der Waals surface area (Å²) >= 11 is 6.31. The van der Waals surface area contributed by atoms with Crippen molar-refractivity contribution in [3.63, 3.8) is 0 Å². The Kier molecular flexibility index (Phi) is 7.53. The Morgan fingerprint density at radius 2 is 2.12 bits per heavy atom. The Hall–Kier alpha value is -1.99. The average Bonchev–Trinajstić information content (AvgIpc) is 2.60. The average molecular weight is 386 g/mol. The van der Waals surface area contributed by atoms with E-state index >= 15 is 0 Å². The SMILES string of the molecule is CCCOc1c(Cl)cc(C(=O)N2CCO[C@@H](CC(=O)O)C2)cc1OCC. The summed E-state index contributed by atoms with van der Waals surface area (Å²) in [5.74, 6) is -0.346. The highest BCUT2D eigenvalue weighted by Crippen LogP contribution is 2.37. The summed E-state index contributed by atoms with van der Waals surface area (Å²) in [5, 5.41) is 9.22. The number of nitrogens with zero attached hydrogens (tertiary/aromatic N) is 1. The predicted octanol–water partition coefficient (Wildman–Crippen LogP) is 2.84. The number of carbonyl (C=O) groups excluding carboxylic acids is 1. The number of benzene rings is 1. The molecule has 1 aliphatic heterocycles. The molecule has 1 amide bonds. The molecule has 0 aliphatic carbocycles. The van der Waals surface area contributed by atoms with Crippen LogP contribution in [-0.2, 0) is 9.53 Å². The van der Waals surface area contributed by atoms with Gasteiger partial charge < -0.3 is 24.2 Å². The molecule has 1 fully saturated rings. The molecule has 0 unspecified atom stereocenters. The van der Waals surface area contributed by atoms with Crippen molar-refractivity contribution < 1.29 is 28.9 Å². The van der Waals surface area contributed by atoms with Crippen LogP contribution in [0, 0.1) is 0 Å². The zero-order chi connectivity index (χ0) is 19.1. The van der Waals surface area contributed by atoms with E-state index in [-0.39, 0.29) is 18.9 Å². The fraction of sp³-hybridized carbons (Fsp3) is 0.556. The molecule has 1 N–H and O–H groups in total. The van der Waals surface area contributed by atoms with E-state index in [0.717, 1.165) is 6.42 Å². The smallest absolute Gasteiger partial charge is 0.306 e. The molecule has 1 heterocycles. The van der Waals surface area contributed by atoms with Crippen molar-refractivity contribution >= 4 is 23.5 Å². The molecule has 144 valence electrons. The molecule has 1 atom stereocenters. The number of aliphatic carboxylic acids is 1. The van der Waals surface area contributed by atoms with E-state index in [4.69, 9.17) is 30.9 Å². The van der Waals surface area contributed by atoms with Crippen LogP contribution in [0.5, 0.6) is 11.5 Å². The maximum atomic E-state index is 12.8. The Morgan fingerprint density at radius 1 is 1.35 bits per heavy atom. The lowest BCUT2D eigenvalue weighted by atomic mass is 10.1. The van der Waals surface area contributed by atoms with Gasteiger partial charge in [-0.3, -0.25) is 9.59 Å². The zero-order valence-corrected chi connectivity index (χ0v) is 15.8. The van der Waals surface area contributed by atoms with Gasteiger partial charge in [-0.05, 0) is 25.5 Å². The summed E-state index contributed by atoms with van der Waals surface area (Å²) in [5.41, 5.74) is 0.373. The van der Waals surface area contributed by atoms with Crippen LogP contribution < -0.4 is 9.47 Å². The first-order valence-electron chi connectivity index (χ1n) is 8.68. The van der Waals surface area contributed by atoms with Gasteiger partial charge >= 0.3 is 5.97 Å². The number of hydrogen-bond acceptors (Lipinski definition) is 5. The Labute approximate surface area is 157 Å². The number of carbonyl (C=O) groups is 2. The first-order valence-corrected chi connectivity index (χ1v) is 9.05. The molecule has 1 aromatic carbocycles. The lowest BCUT2D eigenvalue weighted by Gasteiger charge is -2.32. The van der Waals surface area contributed by atoms with Gasteiger partial charge in [0.15, 0.2) is 11.5 Å². The van der Waals surface area contributed by atoms with Crippen LogP contribution in [0.4, 0.5) is 0 Å². The third-order valence-corrected chi connectivity index (χ3v) is 4.12. The highest BCUT2D eigenvalue weighted by Gasteiger charge is 2.27. The molecule has 1 saturated heterocycles. The first-order chi connectivity index (χ1) is 12.5. The fourth-order valence-corrected chi connectivity index (χ4v) is 2.97. The quantitative estimate of drug-likeness (QED) is 0.740. The van der Waals surface area contributed by atoms with Crippen LogP contribution in [0.15, 0.2) is 12.1 Å². The summed E-state index contributed by atoms with van der Waals surface area (Å²) in [4.78, 5) is 25.3. The van der Waals surface area contributed by atoms with Gasteiger partial charge in [0.2, 0.25) is 0 Å². The van der Waals surface area contributed by atoms with Crippen LogP contribution in [-0.4, -0.2) is 60.9 Å². The standard InChI is InChI=1S/C18H24ClNO6/c1-3-6-26-17-14(19)8-12(9-15(17)24-4-2)18(23)20-5-7-25-13(11-20)10-16(21)22/h8-9,13H,3-7,10-11H2,1-2H3,(H,21,22)/t13-/m0/s1. The molecule has 26 heavy (non-hydrogen) atoms. The second kappa shape index (κ2) is 9.64. The van der Waals surface area contributed by atoms with E-state index < -0.39 is 12.1 Å². The highest BCUT2D eigenvalue weighted by atomic mass is 35.5. The number of morpholine rings is 1. The normalized spacial score (nSPS) is 17.0. The van der Waals surface area contributed by atoms with E-state index in [2.05, 4.69) is 0 Å². The molecule has 2 rings (SSSR count). The van der Waals surface area contributed by atoms with Gasteiger partial charge in [0.1, 0.15) is 0 Å². The van der Waals surface area contributed by atoms with Crippen molar-refractivity contribution in [2.75, 3.05) is 32.9 Å². The number of carboxylic acid groups (broad SMARTS) is 1. The summed E-state index contributed by atoms with van der Waals surface area (Å²) in [6.07, 6.45) is 0.166. The second-order valence-corrected chi connectivity index (χ2v) is 6.32. The van der Waals surface area contributed by atoms with Crippen LogP contribution in [0.25, 0.3) is 0 Å². The van der Waals surface area contributed by atoms with Gasteiger partial charge in [0, 0.05) is 18.7 Å². The van der Waals surface area contributed by atoms with E-state index in [1.54, 1.807) is 17.0 Å². The Bertz CT molecular complexity index is 651. The molecule has 1 aliphatic rings. The molecule has 0 radical (unpaired) electrons. The van der Waals surface area contributed by atoms with E-state index in [1.807, 2.05) is 13.8 Å². The second-order valence-electron chi connectivity index (χ2n) is 5.91. The monoisotopic (exact) mass is 385 g/mol. The van der Waals surface area contributed by atoms with Gasteiger partial charge in [-0.2, -0.15) is 0 Å². The van der Waals surface area contributed by atoms with Gasteiger partial charge in [-0.25, -0.2) is 0 Å². The van der Waals surface area contributed by atoms with Crippen LogP contribution in [0.2, 0.25) is 5.02 Å². The minimum Gasteiger partial charge on any atom is -0.490 e. The summed E-state index contributed by atoms with van der Waals surface area (Å²) in [6.45, 7) is 5.64. The molecule has 7 nitrogen and oxygen atoms in total. The van der Waals surface area contributed by atoms with E-state index in [0.29, 0.717) is 48.5 Å². The summed E-state index contributed by atoms with van der Waals surface area (Å²) in [7, 11) is 0. The highest BCUT2D eigenvalue weighted by molar-refractivity contribution is 6.32. The predicted molar refractivity (Wildman–Crippen MR) is 96.3 cm³/mol. The minimum atomic E-state index is -0.955. The van der Waals surface area contributed by atoms with Gasteiger partial charge in [-0.1, -0.05) is 18.5 Å². The molecule has 1 aromatic rings. The lowest BCUT2D eigenvalue weighted by molar-refractivity contribution is -0.141. The Morgan fingerprint density at radius 3 is 2.77 bits per heavy atom. The van der Waals surface area contributed by atoms with Crippen LogP contribution in [0.3, 0.4) is 0 Å². The number of halogens is 1. The third-order valence-electron chi connectivity index (χ3n) is 3.84. The van der Waals surface area contributed by atoms with Gasteiger partial charge in [0.25, 0.3) is 5.91 Å². The third kappa shape index (κ3) is 5.25. The van der Waals surface area contributed by atoms with Gasteiger partial charge in [-0.15, -0.1) is 0 Å². The van der Waals surface area contributed by atoms with Crippen molar-refractivity contribution in [3.8, 4) is 11.5 Å². The number of amides is 1. The van der Waals surface area contributed by atoms with Crippen LogP contribution in [0.1, 0.15) is 37.0 Å². The number of ether oxygens (including phenoxy) is 3. The molecule has 8 heteroatoms. The molecule has 0 spiro atoms. The fourth-order valence-electron chi connectivity index (χ4n) is 2.70. The molecule has 0 bridgehead atoms. The van der Waals surface area contributed by atoms with Crippen molar-refractivity contribution in [1.82, 2.24) is 4.90 Å². The number of hydrogen-bond donors (Lipinski definition) is 1. The molecular formula is C18H24ClNO6. The maximum Gasteiger partial charge on any atom is 0.306 e. The lowest BCUT2D eigenvalue weighted by Crippen LogP contribution is -2.46. The van der Waals surface area contributed by atoms with Crippen LogP contribution >= 0.6 is 11.6 Å². The molecule has 0 saturated carbocycles. The van der Waals surface area contributed by atoms with Crippen molar-refractivity contribution in [2.45, 2.75) is 32.8 Å². The summed E-state index contributed by atoms with van der Waals surface area (Å²) in [6, 6.07) is 3.17. The minimum absolute atomic E-state index is 0.140. The summed E-state index contributed by atoms with van der Waals surface area (Å²) < 4.78 is 16.6. The van der Waals surface area contributed by atoms with Crippen molar-refractivity contribution in [1.29, 1.82) is 0 Å². The van der Waals surface area contributed by atoms with Gasteiger partial charge in [0.05, 0.1) is 37.4 Å².